The second-order valence-corrected chi connectivity index (χ2v) is 3.26. The molecule has 0 aliphatic rings. The molecule has 1 aromatic rings. The summed E-state index contributed by atoms with van der Waals surface area (Å²) in [4.78, 5) is 3.99. The number of nitrogens with one attached hydrogen (secondary N) is 1. The van der Waals surface area contributed by atoms with Crippen LogP contribution >= 0.6 is 0 Å². The molecule has 0 amide bonds. The first-order valence-corrected chi connectivity index (χ1v) is 4.61. The first-order chi connectivity index (χ1) is 6.76. The monoisotopic (exact) mass is 196 g/mol. The van der Waals surface area contributed by atoms with Crippen molar-refractivity contribution in [2.45, 2.75) is 6.92 Å². The molecule has 1 aromatic heterocycles. The van der Waals surface area contributed by atoms with E-state index in [9.17, 15) is 0 Å². The van der Waals surface area contributed by atoms with Gasteiger partial charge in [0.1, 0.15) is 0 Å². The third-order valence-corrected chi connectivity index (χ3v) is 1.91. The van der Waals surface area contributed by atoms with Crippen LogP contribution in [-0.2, 0) is 0 Å². The molecule has 4 heteroatoms. The van der Waals surface area contributed by atoms with E-state index in [1.165, 1.54) is 0 Å². The van der Waals surface area contributed by atoms with Crippen molar-refractivity contribution in [3.8, 4) is 5.88 Å². The van der Waals surface area contributed by atoms with Crippen molar-refractivity contribution >= 4 is 5.69 Å². The number of nitrogens with zero attached hydrogens (tertiary/aromatic N) is 1. The highest BCUT2D eigenvalue weighted by atomic mass is 16.5. The average Bonchev–Trinajstić information content (AvgIpc) is 2.26. The molecule has 1 rings (SSSR count). The highest BCUT2D eigenvalue weighted by Crippen LogP contribution is 2.13. The first kappa shape index (κ1) is 10.8. The number of methoxy groups -OCH3 is 1. The fourth-order valence-electron chi connectivity index (χ4n) is 0.988. The molecule has 0 aromatic carbocycles. The number of aliphatic hydroxyl groups excluding tert-OH is 1. The molecule has 2 N–H and O–H groups in total. The number of rotatable bonds is 5. The van der Waals surface area contributed by atoms with Gasteiger partial charge in [-0.3, -0.25) is 0 Å². The molecule has 0 aliphatic heterocycles. The van der Waals surface area contributed by atoms with Crippen LogP contribution in [0.2, 0.25) is 0 Å². The molecule has 0 bridgehead atoms. The van der Waals surface area contributed by atoms with Gasteiger partial charge in [0.15, 0.2) is 0 Å². The van der Waals surface area contributed by atoms with Crippen molar-refractivity contribution in [2.24, 2.45) is 5.92 Å². The van der Waals surface area contributed by atoms with Gasteiger partial charge in [0.25, 0.3) is 0 Å². The molecular weight excluding hydrogens is 180 g/mol. The predicted octanol–water partition coefficient (Wildman–Crippen LogP) is 1.13. The average molecular weight is 196 g/mol. The summed E-state index contributed by atoms with van der Waals surface area (Å²) in [7, 11) is 1.59. The Bertz CT molecular complexity index is 279. The summed E-state index contributed by atoms with van der Waals surface area (Å²) in [6, 6.07) is 3.69. The van der Waals surface area contributed by atoms with Crippen molar-refractivity contribution in [2.75, 3.05) is 25.6 Å². The van der Waals surface area contributed by atoms with Crippen LogP contribution in [0.15, 0.2) is 18.3 Å². The fourth-order valence-corrected chi connectivity index (χ4v) is 0.988. The number of hydrogen-bond acceptors (Lipinski definition) is 4. The lowest BCUT2D eigenvalue weighted by Crippen LogP contribution is -2.14. The Hall–Kier alpha value is -1.29. The van der Waals surface area contributed by atoms with E-state index < -0.39 is 0 Å². The molecular formula is C10H16N2O2. The van der Waals surface area contributed by atoms with Gasteiger partial charge in [-0.05, 0) is 12.0 Å². The smallest absolute Gasteiger partial charge is 0.214 e. The minimum absolute atomic E-state index is 0.190. The Morgan fingerprint density at radius 2 is 2.43 bits per heavy atom. The Labute approximate surface area is 83.9 Å². The van der Waals surface area contributed by atoms with E-state index in [4.69, 9.17) is 9.84 Å². The van der Waals surface area contributed by atoms with Crippen molar-refractivity contribution in [3.63, 3.8) is 0 Å². The van der Waals surface area contributed by atoms with Crippen LogP contribution in [0, 0.1) is 5.92 Å². The molecule has 0 fully saturated rings. The summed E-state index contributed by atoms with van der Waals surface area (Å²) in [5.74, 6) is 0.834. The van der Waals surface area contributed by atoms with Crippen molar-refractivity contribution in [1.82, 2.24) is 4.98 Å². The summed E-state index contributed by atoms with van der Waals surface area (Å²) >= 11 is 0. The molecule has 4 nitrogen and oxygen atoms in total. The first-order valence-electron chi connectivity index (χ1n) is 4.61. The van der Waals surface area contributed by atoms with Gasteiger partial charge in [-0.15, -0.1) is 0 Å². The Morgan fingerprint density at radius 3 is 3.07 bits per heavy atom. The second kappa shape index (κ2) is 5.44. The zero-order chi connectivity index (χ0) is 10.4. The molecule has 14 heavy (non-hydrogen) atoms. The van der Waals surface area contributed by atoms with E-state index in [0.29, 0.717) is 5.88 Å². The van der Waals surface area contributed by atoms with Crippen LogP contribution < -0.4 is 10.1 Å². The minimum Gasteiger partial charge on any atom is -0.481 e. The van der Waals surface area contributed by atoms with E-state index in [1.54, 1.807) is 13.3 Å². The summed E-state index contributed by atoms with van der Waals surface area (Å²) < 4.78 is 4.99. The summed E-state index contributed by atoms with van der Waals surface area (Å²) in [6.45, 7) is 2.91. The maximum Gasteiger partial charge on any atom is 0.214 e. The van der Waals surface area contributed by atoms with Crippen LogP contribution in [0.5, 0.6) is 5.88 Å². The Kier molecular flexibility index (Phi) is 4.19. The maximum absolute atomic E-state index is 8.84. The minimum atomic E-state index is 0.190. The molecule has 0 saturated carbocycles. The van der Waals surface area contributed by atoms with Gasteiger partial charge in [-0.25, -0.2) is 4.98 Å². The van der Waals surface area contributed by atoms with Crippen LogP contribution in [0.3, 0.4) is 0 Å². The second-order valence-electron chi connectivity index (χ2n) is 3.26. The number of hydrogen-bond donors (Lipinski definition) is 2. The topological polar surface area (TPSA) is 54.4 Å². The van der Waals surface area contributed by atoms with E-state index in [1.807, 2.05) is 19.1 Å². The zero-order valence-corrected chi connectivity index (χ0v) is 8.53. The largest absolute Gasteiger partial charge is 0.481 e. The number of anilines is 1. The molecule has 0 radical (unpaired) electrons. The van der Waals surface area contributed by atoms with Gasteiger partial charge in [0, 0.05) is 31.1 Å². The third-order valence-electron chi connectivity index (χ3n) is 1.91. The lowest BCUT2D eigenvalue weighted by Gasteiger charge is -2.10. The zero-order valence-electron chi connectivity index (χ0n) is 8.53. The van der Waals surface area contributed by atoms with Gasteiger partial charge in [0.05, 0.1) is 7.11 Å². The number of aromatic nitrogens is 1. The lowest BCUT2D eigenvalue weighted by molar-refractivity contribution is 0.244. The van der Waals surface area contributed by atoms with Crippen LogP contribution in [0.4, 0.5) is 5.69 Å². The van der Waals surface area contributed by atoms with Gasteiger partial charge in [-0.1, -0.05) is 6.92 Å². The van der Waals surface area contributed by atoms with Crippen LogP contribution in [0.1, 0.15) is 6.92 Å². The van der Waals surface area contributed by atoms with E-state index in [-0.39, 0.29) is 12.5 Å². The van der Waals surface area contributed by atoms with Crippen molar-refractivity contribution in [1.29, 1.82) is 0 Å². The molecule has 0 saturated heterocycles. The number of pyridine rings is 1. The number of aliphatic hydroxyl groups is 1. The molecule has 1 unspecified atom stereocenters. The SMILES string of the molecule is COc1cc(NCC(C)CO)ccn1. The van der Waals surface area contributed by atoms with Crippen molar-refractivity contribution < 1.29 is 9.84 Å². The predicted molar refractivity (Wildman–Crippen MR) is 55.5 cm³/mol. The molecule has 78 valence electrons. The van der Waals surface area contributed by atoms with Gasteiger partial charge in [-0.2, -0.15) is 0 Å². The normalized spacial score (nSPS) is 12.2. The fraction of sp³-hybridized carbons (Fsp3) is 0.500. The van der Waals surface area contributed by atoms with E-state index in [2.05, 4.69) is 10.3 Å². The van der Waals surface area contributed by atoms with Crippen LogP contribution in [-0.4, -0.2) is 30.4 Å². The van der Waals surface area contributed by atoms with Crippen molar-refractivity contribution in [3.05, 3.63) is 18.3 Å². The van der Waals surface area contributed by atoms with Crippen LogP contribution in [0.25, 0.3) is 0 Å². The Balaban J connectivity index is 2.50. The molecule has 1 heterocycles. The van der Waals surface area contributed by atoms with Gasteiger partial charge < -0.3 is 15.2 Å². The van der Waals surface area contributed by atoms with E-state index >= 15 is 0 Å². The quantitative estimate of drug-likeness (QED) is 0.741. The van der Waals surface area contributed by atoms with Gasteiger partial charge in [0.2, 0.25) is 5.88 Å². The molecule has 0 spiro atoms. The van der Waals surface area contributed by atoms with E-state index in [0.717, 1.165) is 12.2 Å². The summed E-state index contributed by atoms with van der Waals surface area (Å²) in [5.41, 5.74) is 0.956. The van der Waals surface area contributed by atoms with Gasteiger partial charge >= 0.3 is 0 Å². The number of ether oxygens (including phenoxy) is 1. The maximum atomic E-state index is 8.84. The molecule has 1 atom stereocenters. The lowest BCUT2D eigenvalue weighted by atomic mass is 10.2. The summed E-state index contributed by atoms with van der Waals surface area (Å²) in [6.07, 6.45) is 1.69. The molecule has 0 aliphatic carbocycles. The highest BCUT2D eigenvalue weighted by Gasteiger charge is 2.00. The highest BCUT2D eigenvalue weighted by molar-refractivity contribution is 5.44. The summed E-state index contributed by atoms with van der Waals surface area (Å²) in [5, 5.41) is 12.0. The third kappa shape index (κ3) is 3.22. The Morgan fingerprint density at radius 1 is 1.64 bits per heavy atom. The standard InChI is InChI=1S/C10H16N2O2/c1-8(7-13)6-12-9-3-4-11-10(5-9)14-2/h3-5,8,13H,6-7H2,1-2H3,(H,11,12).